The zero-order chi connectivity index (χ0) is 14.8. The highest BCUT2D eigenvalue weighted by molar-refractivity contribution is 5.77. The third-order valence-electron chi connectivity index (χ3n) is 4.83. The second-order valence-corrected chi connectivity index (χ2v) is 6.21. The van der Waals surface area contributed by atoms with Gasteiger partial charge < -0.3 is 10.2 Å². The third kappa shape index (κ3) is 2.69. The van der Waals surface area contributed by atoms with Crippen LogP contribution in [0.3, 0.4) is 0 Å². The molecule has 2 fully saturated rings. The molecular weight excluding hydrogens is 266 g/mol. The van der Waals surface area contributed by atoms with Crippen LogP contribution in [0.15, 0.2) is 18.2 Å². The van der Waals surface area contributed by atoms with Crippen molar-refractivity contribution in [2.24, 2.45) is 11.8 Å². The van der Waals surface area contributed by atoms with Crippen molar-refractivity contribution in [1.82, 2.24) is 0 Å². The number of nitrogens with one attached hydrogen (secondary N) is 1. The summed E-state index contributed by atoms with van der Waals surface area (Å²) in [6.45, 7) is 4.77. The van der Waals surface area contributed by atoms with Crippen LogP contribution in [0.1, 0.15) is 32.6 Å². The second kappa shape index (κ2) is 5.92. The summed E-state index contributed by atoms with van der Waals surface area (Å²) in [7, 11) is 0. The van der Waals surface area contributed by atoms with E-state index in [9.17, 15) is 10.1 Å². The van der Waals surface area contributed by atoms with Crippen LogP contribution in [0.25, 0.3) is 0 Å². The van der Waals surface area contributed by atoms with E-state index in [2.05, 4.69) is 17.1 Å². The fraction of sp³-hybridized carbons (Fsp3) is 0.625. The van der Waals surface area contributed by atoms with E-state index in [0.717, 1.165) is 43.6 Å². The predicted molar refractivity (Wildman–Crippen MR) is 84.9 cm³/mol. The number of benzene rings is 1. The molecule has 5 nitrogen and oxygen atoms in total. The lowest BCUT2D eigenvalue weighted by Gasteiger charge is -2.20. The number of nitro groups is 1. The zero-order valence-corrected chi connectivity index (χ0v) is 12.5. The number of fused-ring (bicyclic) bond motifs is 1. The Morgan fingerprint density at radius 3 is 2.67 bits per heavy atom. The van der Waals surface area contributed by atoms with Gasteiger partial charge in [-0.1, -0.05) is 19.4 Å². The number of para-hydroxylation sites is 1. The lowest BCUT2D eigenvalue weighted by atomic mass is 10.0. The molecule has 3 rings (SSSR count). The van der Waals surface area contributed by atoms with Gasteiger partial charge in [-0.3, -0.25) is 10.1 Å². The van der Waals surface area contributed by atoms with Crippen LogP contribution in [0.4, 0.5) is 17.1 Å². The Hall–Kier alpha value is -1.78. The molecule has 0 amide bonds. The number of anilines is 2. The molecule has 114 valence electrons. The van der Waals surface area contributed by atoms with Gasteiger partial charge in [-0.2, -0.15) is 0 Å². The van der Waals surface area contributed by atoms with E-state index in [0.29, 0.717) is 5.69 Å². The zero-order valence-electron chi connectivity index (χ0n) is 12.5. The van der Waals surface area contributed by atoms with Gasteiger partial charge in [-0.25, -0.2) is 0 Å². The third-order valence-corrected chi connectivity index (χ3v) is 4.83. The van der Waals surface area contributed by atoms with Crippen LogP contribution in [0, 0.1) is 22.0 Å². The van der Waals surface area contributed by atoms with Crippen molar-refractivity contribution < 1.29 is 4.92 Å². The largest absolute Gasteiger partial charge is 0.379 e. The summed E-state index contributed by atoms with van der Waals surface area (Å²) in [6, 6.07) is 5.64. The Kier molecular flexibility index (Phi) is 3.99. The maximum atomic E-state index is 11.5. The minimum absolute atomic E-state index is 0.235. The highest BCUT2D eigenvalue weighted by atomic mass is 16.6. The molecule has 1 aliphatic heterocycles. The molecule has 1 aromatic rings. The Labute approximate surface area is 125 Å². The number of rotatable bonds is 5. The summed E-state index contributed by atoms with van der Waals surface area (Å²) < 4.78 is 0. The van der Waals surface area contributed by atoms with Crippen molar-refractivity contribution in [1.29, 1.82) is 0 Å². The van der Waals surface area contributed by atoms with E-state index in [-0.39, 0.29) is 10.6 Å². The van der Waals surface area contributed by atoms with Gasteiger partial charge in [0.15, 0.2) is 0 Å². The van der Waals surface area contributed by atoms with Crippen molar-refractivity contribution in [2.75, 3.05) is 29.9 Å². The fourth-order valence-corrected chi connectivity index (χ4v) is 3.81. The van der Waals surface area contributed by atoms with E-state index in [1.807, 2.05) is 18.2 Å². The van der Waals surface area contributed by atoms with Gasteiger partial charge in [0.2, 0.25) is 0 Å². The molecule has 0 bridgehead atoms. The smallest absolute Gasteiger partial charge is 0.315 e. The van der Waals surface area contributed by atoms with Crippen LogP contribution in [-0.2, 0) is 0 Å². The first-order valence-corrected chi connectivity index (χ1v) is 7.97. The van der Waals surface area contributed by atoms with Crippen LogP contribution in [-0.4, -0.2) is 24.6 Å². The summed E-state index contributed by atoms with van der Waals surface area (Å²) in [6.07, 6.45) is 4.84. The number of hydrogen-bond acceptors (Lipinski definition) is 4. The molecule has 1 saturated carbocycles. The SMILES string of the molecule is CCCNc1cccc(N2CC3CCCC3C2)c1[N+](=O)[O-]. The Balaban J connectivity index is 1.89. The molecule has 1 aliphatic carbocycles. The molecule has 2 unspecified atom stereocenters. The maximum absolute atomic E-state index is 11.5. The fourth-order valence-electron chi connectivity index (χ4n) is 3.81. The molecule has 0 aromatic heterocycles. The van der Waals surface area contributed by atoms with Crippen LogP contribution in [0.2, 0.25) is 0 Å². The molecule has 21 heavy (non-hydrogen) atoms. The Morgan fingerprint density at radius 1 is 1.33 bits per heavy atom. The van der Waals surface area contributed by atoms with Crippen LogP contribution < -0.4 is 10.2 Å². The summed E-state index contributed by atoms with van der Waals surface area (Å²) >= 11 is 0. The van der Waals surface area contributed by atoms with Gasteiger partial charge in [0.1, 0.15) is 11.4 Å². The van der Waals surface area contributed by atoms with Gasteiger partial charge in [0, 0.05) is 19.6 Å². The first-order chi connectivity index (χ1) is 10.2. The molecular formula is C16H23N3O2. The summed E-state index contributed by atoms with van der Waals surface area (Å²) in [5.74, 6) is 1.47. The number of nitro benzene ring substituents is 1. The van der Waals surface area contributed by atoms with Gasteiger partial charge in [-0.05, 0) is 43.2 Å². The summed E-state index contributed by atoms with van der Waals surface area (Å²) in [5, 5.41) is 14.7. The molecule has 1 heterocycles. The van der Waals surface area contributed by atoms with Crippen LogP contribution >= 0.6 is 0 Å². The maximum Gasteiger partial charge on any atom is 0.315 e. The van der Waals surface area contributed by atoms with Gasteiger partial charge in [-0.15, -0.1) is 0 Å². The topological polar surface area (TPSA) is 58.4 Å². The van der Waals surface area contributed by atoms with Gasteiger partial charge in [0.05, 0.1) is 4.92 Å². The average molecular weight is 289 g/mol. The molecule has 1 saturated heterocycles. The van der Waals surface area contributed by atoms with E-state index >= 15 is 0 Å². The first kappa shape index (κ1) is 14.2. The van der Waals surface area contributed by atoms with E-state index in [1.54, 1.807) is 0 Å². The number of nitrogens with zero attached hydrogens (tertiary/aromatic N) is 2. The quantitative estimate of drug-likeness (QED) is 0.664. The van der Waals surface area contributed by atoms with Crippen LogP contribution in [0.5, 0.6) is 0 Å². The predicted octanol–water partition coefficient (Wildman–Crippen LogP) is 3.65. The second-order valence-electron chi connectivity index (χ2n) is 6.21. The van der Waals surface area contributed by atoms with Crippen molar-refractivity contribution in [3.63, 3.8) is 0 Å². The highest BCUT2D eigenvalue weighted by Gasteiger charge is 2.38. The minimum Gasteiger partial charge on any atom is -0.379 e. The van der Waals surface area contributed by atoms with Gasteiger partial charge >= 0.3 is 5.69 Å². The number of hydrogen-bond donors (Lipinski definition) is 1. The van der Waals surface area contributed by atoms with Crippen molar-refractivity contribution >= 4 is 17.1 Å². The lowest BCUT2D eigenvalue weighted by Crippen LogP contribution is -2.22. The summed E-state index contributed by atoms with van der Waals surface area (Å²) in [4.78, 5) is 13.5. The van der Waals surface area contributed by atoms with Crippen molar-refractivity contribution in [3.8, 4) is 0 Å². The van der Waals surface area contributed by atoms with Crippen molar-refractivity contribution in [2.45, 2.75) is 32.6 Å². The monoisotopic (exact) mass is 289 g/mol. The van der Waals surface area contributed by atoms with Gasteiger partial charge in [0.25, 0.3) is 0 Å². The minimum atomic E-state index is -0.235. The molecule has 1 N–H and O–H groups in total. The van der Waals surface area contributed by atoms with Crippen molar-refractivity contribution in [3.05, 3.63) is 28.3 Å². The standard InChI is InChI=1S/C16H23N3O2/c1-2-9-17-14-7-4-8-15(16(14)19(20)21)18-10-12-5-3-6-13(12)11-18/h4,7-8,12-13,17H,2-3,5-6,9-11H2,1H3. The molecule has 0 spiro atoms. The van der Waals surface area contributed by atoms with E-state index in [4.69, 9.17) is 0 Å². The molecule has 2 aliphatic rings. The first-order valence-electron chi connectivity index (χ1n) is 7.97. The molecule has 0 radical (unpaired) electrons. The van der Waals surface area contributed by atoms with E-state index < -0.39 is 0 Å². The van der Waals surface area contributed by atoms with E-state index in [1.165, 1.54) is 19.3 Å². The normalized spacial score (nSPS) is 24.1. The average Bonchev–Trinajstić information content (AvgIpc) is 3.05. The molecule has 5 heteroatoms. The molecule has 1 aromatic carbocycles. The lowest BCUT2D eigenvalue weighted by molar-refractivity contribution is -0.383. The Bertz CT molecular complexity index is 520. The summed E-state index contributed by atoms with van der Waals surface area (Å²) in [5.41, 5.74) is 1.68. The Morgan fingerprint density at radius 2 is 2.05 bits per heavy atom. The molecule has 2 atom stereocenters. The highest BCUT2D eigenvalue weighted by Crippen LogP contribution is 2.43.